The van der Waals surface area contributed by atoms with Crippen LogP contribution >= 0.6 is 11.6 Å². The number of nitrogens with one attached hydrogen (secondary N) is 4. The van der Waals surface area contributed by atoms with E-state index < -0.39 is 116 Å². The highest BCUT2D eigenvalue weighted by molar-refractivity contribution is 7.89. The molecule has 1 saturated heterocycles. The van der Waals surface area contributed by atoms with Crippen LogP contribution in [0.25, 0.3) is 0 Å². The molecule has 1 aliphatic heterocycles. The van der Waals surface area contributed by atoms with Crippen molar-refractivity contribution < 1.29 is 55.5 Å². The molecule has 0 spiro atoms. The van der Waals surface area contributed by atoms with E-state index in [4.69, 9.17) is 17.3 Å². The highest BCUT2D eigenvalue weighted by Gasteiger charge is 2.41. The number of nitrogens with two attached hydrogens (primary N) is 1. The topological polar surface area (TPSA) is 260 Å². The SMILES string of the molecule is CC(C)(C)[C@H](NC(=O)[C@H](Cc1cccnn1)NC(=O)CNC(=O)CC[C@H](NS(=O)(=O)c1ccc(Cl)c(C(F)(F)F)c1)C(=O)O)C(=O)N1CCC[C@H]1CC(N)=O. The predicted octanol–water partition coefficient (Wildman–Crippen LogP) is 0.902. The molecule has 22 heteroatoms. The maximum Gasteiger partial charge on any atom is 0.417 e. The van der Waals surface area contributed by atoms with E-state index in [0.717, 1.165) is 6.07 Å². The van der Waals surface area contributed by atoms with Crippen molar-refractivity contribution >= 4 is 57.1 Å². The number of hydrogen-bond donors (Lipinski definition) is 6. The van der Waals surface area contributed by atoms with Gasteiger partial charge >= 0.3 is 12.1 Å². The summed E-state index contributed by atoms with van der Waals surface area (Å²) in [6.07, 6.45) is -3.97. The maximum atomic E-state index is 13.7. The smallest absolute Gasteiger partial charge is 0.417 e. The second kappa shape index (κ2) is 18.6. The summed E-state index contributed by atoms with van der Waals surface area (Å²) in [5, 5.41) is 23.9. The zero-order valence-electron chi connectivity index (χ0n) is 30.0. The first-order chi connectivity index (χ1) is 25.5. The molecular weight excluding hydrogens is 777 g/mol. The van der Waals surface area contributed by atoms with Crippen LogP contribution < -0.4 is 26.4 Å². The standard InChI is InChI=1S/C33H42ClF3N8O9S/c1-32(2,3)28(30(50)45-13-5-7-19(45)15-25(38)46)42-29(49)24(14-18-6-4-12-40-43-18)41-27(48)17-39-26(47)11-10-23(31(51)52)44-55(53,54)20-8-9-22(34)21(16-20)33(35,36)37/h4,6,8-9,12,16,19,23-24,28,44H,5,7,10-11,13-15,17H2,1-3H3,(H2,38,46)(H,39,47)(H,41,48)(H,42,49)(H,51,52)/t19-,23-,24-,28+/m0/s1. The van der Waals surface area contributed by atoms with Crippen molar-refractivity contribution in [3.05, 3.63) is 52.8 Å². The van der Waals surface area contributed by atoms with Gasteiger partial charge < -0.3 is 31.7 Å². The van der Waals surface area contributed by atoms with Crippen LogP contribution in [0.1, 0.15) is 64.1 Å². The van der Waals surface area contributed by atoms with E-state index in [2.05, 4.69) is 26.1 Å². The number of halogens is 4. The lowest BCUT2D eigenvalue weighted by atomic mass is 9.85. The van der Waals surface area contributed by atoms with Gasteiger partial charge in [0.1, 0.15) is 18.1 Å². The Morgan fingerprint density at radius 3 is 2.33 bits per heavy atom. The average Bonchev–Trinajstić information content (AvgIpc) is 3.54. The number of nitrogens with zero attached hydrogens (tertiary/aromatic N) is 3. The van der Waals surface area contributed by atoms with Crippen LogP contribution in [0.3, 0.4) is 0 Å². The van der Waals surface area contributed by atoms with Crippen molar-refractivity contribution in [2.24, 2.45) is 11.1 Å². The van der Waals surface area contributed by atoms with E-state index in [1.807, 2.05) is 0 Å². The zero-order valence-corrected chi connectivity index (χ0v) is 31.6. The molecule has 0 radical (unpaired) electrons. The molecule has 1 aromatic heterocycles. The fourth-order valence-corrected chi connectivity index (χ4v) is 7.13. The normalized spacial score (nSPS) is 16.4. The van der Waals surface area contributed by atoms with E-state index in [9.17, 15) is 55.5 Å². The van der Waals surface area contributed by atoms with Gasteiger partial charge in [-0.25, -0.2) is 8.42 Å². The number of likely N-dealkylation sites (tertiary alicyclic amines) is 1. The number of primary amides is 1. The second-order valence-electron chi connectivity index (χ2n) is 13.8. The number of sulfonamides is 1. The maximum absolute atomic E-state index is 13.7. The summed E-state index contributed by atoms with van der Waals surface area (Å²) >= 11 is 5.54. The minimum Gasteiger partial charge on any atom is -0.480 e. The van der Waals surface area contributed by atoms with Crippen molar-refractivity contribution in [1.82, 2.24) is 35.8 Å². The number of rotatable bonds is 17. The van der Waals surface area contributed by atoms with Gasteiger partial charge in [0.2, 0.25) is 39.6 Å². The van der Waals surface area contributed by atoms with Crippen LogP contribution in [0.2, 0.25) is 5.02 Å². The number of benzene rings is 1. The Hall–Kier alpha value is -4.89. The fraction of sp³-hybridized carbons (Fsp3) is 0.515. The summed E-state index contributed by atoms with van der Waals surface area (Å²) in [5.74, 6) is -5.32. The quantitative estimate of drug-likeness (QED) is 0.131. The number of aliphatic carboxylic acids is 1. The Kier molecular flexibility index (Phi) is 15.1. The molecule has 1 aromatic carbocycles. The van der Waals surface area contributed by atoms with Crippen LogP contribution in [0.4, 0.5) is 13.2 Å². The molecule has 7 N–H and O–H groups in total. The van der Waals surface area contributed by atoms with Gasteiger partial charge in [-0.1, -0.05) is 32.4 Å². The minimum atomic E-state index is -5.00. The predicted molar refractivity (Wildman–Crippen MR) is 188 cm³/mol. The minimum absolute atomic E-state index is 0.0459. The molecule has 302 valence electrons. The molecule has 0 saturated carbocycles. The van der Waals surface area contributed by atoms with Crippen molar-refractivity contribution in [2.45, 2.75) is 94.5 Å². The summed E-state index contributed by atoms with van der Waals surface area (Å²) in [4.78, 5) is 77.1. The monoisotopic (exact) mass is 818 g/mol. The van der Waals surface area contributed by atoms with E-state index in [0.29, 0.717) is 31.1 Å². The fourth-order valence-electron chi connectivity index (χ4n) is 5.65. The van der Waals surface area contributed by atoms with Crippen molar-refractivity contribution in [3.63, 3.8) is 0 Å². The third-order valence-corrected chi connectivity index (χ3v) is 10.2. The highest BCUT2D eigenvalue weighted by Crippen LogP contribution is 2.36. The second-order valence-corrected chi connectivity index (χ2v) is 15.9. The molecule has 2 heterocycles. The molecule has 4 atom stereocenters. The third-order valence-electron chi connectivity index (χ3n) is 8.44. The molecule has 2 aromatic rings. The lowest BCUT2D eigenvalue weighted by molar-refractivity contribution is -0.141. The number of carbonyl (C=O) groups is 6. The molecule has 1 aliphatic rings. The molecular formula is C33H42ClF3N8O9S. The first-order valence-electron chi connectivity index (χ1n) is 16.8. The number of aromatic nitrogens is 2. The van der Waals surface area contributed by atoms with Gasteiger partial charge in [0.25, 0.3) is 0 Å². The highest BCUT2D eigenvalue weighted by atomic mass is 35.5. The van der Waals surface area contributed by atoms with E-state index in [1.165, 1.54) is 11.1 Å². The Labute approximate surface area is 319 Å². The molecule has 0 aliphatic carbocycles. The van der Waals surface area contributed by atoms with Crippen LogP contribution in [-0.4, -0.2) is 101 Å². The molecule has 1 fully saturated rings. The van der Waals surface area contributed by atoms with Gasteiger partial charge in [0.15, 0.2) is 0 Å². The summed E-state index contributed by atoms with van der Waals surface area (Å²) in [5.41, 5.74) is 3.38. The summed E-state index contributed by atoms with van der Waals surface area (Å²) in [6, 6.07) is -0.0628. The molecule has 0 bridgehead atoms. The van der Waals surface area contributed by atoms with Gasteiger partial charge in [-0.3, -0.25) is 28.8 Å². The van der Waals surface area contributed by atoms with Crippen LogP contribution in [0.15, 0.2) is 41.4 Å². The molecule has 3 rings (SSSR count). The molecule has 55 heavy (non-hydrogen) atoms. The van der Waals surface area contributed by atoms with Crippen molar-refractivity contribution in [3.8, 4) is 0 Å². The van der Waals surface area contributed by atoms with Crippen molar-refractivity contribution in [2.75, 3.05) is 13.1 Å². The Bertz CT molecular complexity index is 1860. The first kappa shape index (κ1) is 44.5. The van der Waals surface area contributed by atoms with Crippen LogP contribution in [0, 0.1) is 5.41 Å². The molecule has 0 unspecified atom stereocenters. The number of amides is 5. The third kappa shape index (κ3) is 13.1. The van der Waals surface area contributed by atoms with Gasteiger partial charge in [0.05, 0.1) is 27.7 Å². The molecule has 5 amide bonds. The van der Waals surface area contributed by atoms with Gasteiger partial charge in [-0.2, -0.15) is 28.1 Å². The number of carboxylic acid groups (broad SMARTS) is 1. The lowest BCUT2D eigenvalue weighted by Gasteiger charge is -2.36. The van der Waals surface area contributed by atoms with Crippen LogP contribution in [-0.2, 0) is 51.4 Å². The van der Waals surface area contributed by atoms with E-state index in [1.54, 1.807) is 37.6 Å². The first-order valence-corrected chi connectivity index (χ1v) is 18.7. The lowest BCUT2D eigenvalue weighted by Crippen LogP contribution is -2.60. The average molecular weight is 819 g/mol. The summed E-state index contributed by atoms with van der Waals surface area (Å²) in [7, 11) is -4.84. The zero-order chi connectivity index (χ0) is 41.3. The largest absolute Gasteiger partial charge is 0.480 e. The van der Waals surface area contributed by atoms with Gasteiger partial charge in [-0.05, 0) is 55.0 Å². The van der Waals surface area contributed by atoms with E-state index >= 15 is 0 Å². The number of carboxylic acids is 1. The van der Waals surface area contributed by atoms with E-state index in [-0.39, 0.29) is 18.9 Å². The Morgan fingerprint density at radius 1 is 1.05 bits per heavy atom. The van der Waals surface area contributed by atoms with Crippen molar-refractivity contribution in [1.29, 1.82) is 0 Å². The Balaban J connectivity index is 1.67. The number of alkyl halides is 3. The number of carbonyl (C=O) groups excluding carboxylic acids is 5. The molecule has 17 nitrogen and oxygen atoms in total. The Morgan fingerprint density at radius 2 is 1.75 bits per heavy atom. The van der Waals surface area contributed by atoms with Gasteiger partial charge in [-0.15, -0.1) is 0 Å². The summed E-state index contributed by atoms with van der Waals surface area (Å²) < 4.78 is 67.0. The van der Waals surface area contributed by atoms with Crippen LogP contribution in [0.5, 0.6) is 0 Å². The number of hydrogen-bond acceptors (Lipinski definition) is 10. The summed E-state index contributed by atoms with van der Waals surface area (Å²) in [6.45, 7) is 4.80. The van der Waals surface area contributed by atoms with Gasteiger partial charge in [0, 0.05) is 38.0 Å².